The van der Waals surface area contributed by atoms with Crippen molar-refractivity contribution in [2.75, 3.05) is 12.8 Å². The summed E-state index contributed by atoms with van der Waals surface area (Å²) in [7, 11) is -3.23. The first kappa shape index (κ1) is 23.1. The summed E-state index contributed by atoms with van der Waals surface area (Å²) < 4.78 is 22.7. The molecule has 0 saturated carbocycles. The number of hydrogen-bond donors (Lipinski definition) is 4. The molecule has 0 radical (unpaired) electrons. The van der Waals surface area contributed by atoms with Crippen LogP contribution in [0, 0.1) is 0 Å². The molecule has 5 aromatic rings. The Labute approximate surface area is 193 Å². The maximum absolute atomic E-state index is 12.8. The lowest BCUT2D eigenvalue weighted by atomic mass is 10.1. The number of sulfonamides is 1. The SMILES string of the molecule is CS(=O)(=O)NCCC(=O)O.O=c1c2ccccc2[nH]c2cc3c(=O)c4ccccc4[nH]c3cc12. The predicted molar refractivity (Wildman–Crippen MR) is 133 cm³/mol. The lowest BCUT2D eigenvalue weighted by Crippen LogP contribution is -2.24. The smallest absolute Gasteiger partial charge is 0.304 e. The molecule has 10 heteroatoms. The third-order valence-electron chi connectivity index (χ3n) is 5.23. The highest BCUT2D eigenvalue weighted by Gasteiger charge is 2.10. The van der Waals surface area contributed by atoms with Crippen molar-refractivity contribution in [3.8, 4) is 0 Å². The number of para-hydroxylation sites is 2. The lowest BCUT2D eigenvalue weighted by Gasteiger charge is -2.06. The number of benzene rings is 3. The molecule has 174 valence electrons. The molecule has 0 fully saturated rings. The summed E-state index contributed by atoms with van der Waals surface area (Å²) in [5.41, 5.74) is 2.82. The molecule has 3 aromatic carbocycles. The highest BCUT2D eigenvalue weighted by Crippen LogP contribution is 2.21. The zero-order valence-corrected chi connectivity index (χ0v) is 18.9. The van der Waals surface area contributed by atoms with Gasteiger partial charge in [0.2, 0.25) is 10.0 Å². The zero-order chi connectivity index (χ0) is 24.5. The molecule has 4 N–H and O–H groups in total. The Kier molecular flexibility index (Phi) is 6.18. The number of aliphatic carboxylic acids is 1. The number of hydrogen-bond acceptors (Lipinski definition) is 5. The van der Waals surface area contributed by atoms with Crippen LogP contribution in [-0.4, -0.2) is 42.3 Å². The number of carboxylic acids is 1. The predicted octanol–water partition coefficient (Wildman–Crippen LogP) is 2.69. The van der Waals surface area contributed by atoms with E-state index in [1.54, 1.807) is 24.3 Å². The lowest BCUT2D eigenvalue weighted by molar-refractivity contribution is -0.136. The average Bonchev–Trinajstić information content (AvgIpc) is 2.78. The van der Waals surface area contributed by atoms with Gasteiger partial charge in [-0.2, -0.15) is 0 Å². The Bertz CT molecular complexity index is 1680. The zero-order valence-electron chi connectivity index (χ0n) is 18.1. The van der Waals surface area contributed by atoms with Crippen LogP contribution < -0.4 is 15.6 Å². The van der Waals surface area contributed by atoms with E-state index in [1.807, 2.05) is 41.1 Å². The van der Waals surface area contributed by atoms with Gasteiger partial charge >= 0.3 is 5.97 Å². The van der Waals surface area contributed by atoms with Gasteiger partial charge in [0.1, 0.15) is 0 Å². The Hall–Kier alpha value is -4.02. The van der Waals surface area contributed by atoms with E-state index in [9.17, 15) is 22.8 Å². The highest BCUT2D eigenvalue weighted by molar-refractivity contribution is 7.88. The van der Waals surface area contributed by atoms with Crippen molar-refractivity contribution in [2.24, 2.45) is 0 Å². The van der Waals surface area contributed by atoms with E-state index in [1.165, 1.54) is 0 Å². The third-order valence-corrected chi connectivity index (χ3v) is 5.96. The molecular weight excluding hydrogens is 458 g/mol. The van der Waals surface area contributed by atoms with Gasteiger partial charge in [0.05, 0.1) is 23.7 Å². The minimum atomic E-state index is -3.23. The summed E-state index contributed by atoms with van der Waals surface area (Å²) in [6, 6.07) is 18.3. The summed E-state index contributed by atoms with van der Waals surface area (Å²) in [5, 5.41) is 10.5. The Morgan fingerprint density at radius 3 is 1.65 bits per heavy atom. The average molecular weight is 480 g/mol. The molecule has 2 aromatic heterocycles. The van der Waals surface area contributed by atoms with Gasteiger partial charge in [0.15, 0.2) is 10.9 Å². The van der Waals surface area contributed by atoms with Gasteiger partial charge in [-0.15, -0.1) is 0 Å². The minimum absolute atomic E-state index is 0.0322. The van der Waals surface area contributed by atoms with Gasteiger partial charge in [-0.25, -0.2) is 13.1 Å². The summed E-state index contributed by atoms with van der Waals surface area (Å²) in [5.74, 6) is -1.02. The normalized spacial score (nSPS) is 11.6. The molecule has 0 atom stereocenters. The van der Waals surface area contributed by atoms with Crippen LogP contribution in [0.15, 0.2) is 70.3 Å². The second kappa shape index (κ2) is 9.08. The van der Waals surface area contributed by atoms with E-state index < -0.39 is 16.0 Å². The standard InChI is InChI=1S/C20H12N2O2.C4H9NO4S/c23-19-11-5-1-3-7-15(11)21-17-10-14-18(9-13(17)19)22-16-8-4-2-6-12(16)20(14)24;1-10(8,9)5-3-2-4(6)7/h1-10H,(H,21,23)(H,22,24);5H,2-3H2,1H3,(H,6,7). The van der Waals surface area contributed by atoms with Gasteiger partial charge in [0, 0.05) is 39.1 Å². The molecule has 0 aliphatic heterocycles. The van der Waals surface area contributed by atoms with E-state index in [0.717, 1.165) is 17.3 Å². The third kappa shape index (κ3) is 4.82. The fourth-order valence-electron chi connectivity index (χ4n) is 3.69. The van der Waals surface area contributed by atoms with Crippen molar-refractivity contribution < 1.29 is 18.3 Å². The van der Waals surface area contributed by atoms with E-state index in [0.29, 0.717) is 32.6 Å². The van der Waals surface area contributed by atoms with Crippen LogP contribution in [0.2, 0.25) is 0 Å². The number of aromatic amines is 2. The van der Waals surface area contributed by atoms with E-state index >= 15 is 0 Å². The number of nitrogens with one attached hydrogen (secondary N) is 3. The summed E-state index contributed by atoms with van der Waals surface area (Å²) in [4.78, 5) is 41.9. The molecule has 0 bridgehead atoms. The van der Waals surface area contributed by atoms with E-state index in [2.05, 4.69) is 9.97 Å². The van der Waals surface area contributed by atoms with Crippen molar-refractivity contribution in [1.29, 1.82) is 0 Å². The molecule has 9 nitrogen and oxygen atoms in total. The molecule has 0 spiro atoms. The Morgan fingerprint density at radius 1 is 0.794 bits per heavy atom. The van der Waals surface area contributed by atoms with E-state index in [-0.39, 0.29) is 23.8 Å². The maximum atomic E-state index is 12.8. The largest absolute Gasteiger partial charge is 0.481 e. The summed E-state index contributed by atoms with van der Waals surface area (Å²) >= 11 is 0. The molecule has 5 rings (SSSR count). The molecule has 0 aliphatic carbocycles. The highest BCUT2D eigenvalue weighted by atomic mass is 32.2. The first-order chi connectivity index (χ1) is 16.1. The first-order valence-corrected chi connectivity index (χ1v) is 12.2. The fraction of sp³-hybridized carbons (Fsp3) is 0.125. The molecule has 0 unspecified atom stereocenters. The summed E-state index contributed by atoms with van der Waals surface area (Å²) in [6.07, 6.45) is 0.794. The van der Waals surface area contributed by atoms with Gasteiger partial charge in [-0.05, 0) is 36.4 Å². The van der Waals surface area contributed by atoms with Crippen molar-refractivity contribution in [3.63, 3.8) is 0 Å². The van der Waals surface area contributed by atoms with Crippen LogP contribution >= 0.6 is 0 Å². The second-order valence-electron chi connectivity index (χ2n) is 7.75. The molecule has 34 heavy (non-hydrogen) atoms. The first-order valence-electron chi connectivity index (χ1n) is 10.3. The molecule has 0 aliphatic rings. The number of rotatable bonds is 4. The van der Waals surface area contributed by atoms with Crippen molar-refractivity contribution >= 4 is 59.6 Å². The summed E-state index contributed by atoms with van der Waals surface area (Å²) in [6.45, 7) is -0.0475. The number of pyridine rings is 2. The van der Waals surface area contributed by atoms with Crippen molar-refractivity contribution in [2.45, 2.75) is 6.42 Å². The van der Waals surface area contributed by atoms with E-state index in [4.69, 9.17) is 5.11 Å². The molecule has 0 saturated heterocycles. The quantitative estimate of drug-likeness (QED) is 0.291. The number of aromatic nitrogens is 2. The number of carbonyl (C=O) groups is 1. The van der Waals surface area contributed by atoms with Crippen LogP contribution in [0.4, 0.5) is 0 Å². The van der Waals surface area contributed by atoms with Gasteiger partial charge in [-0.1, -0.05) is 24.3 Å². The second-order valence-corrected chi connectivity index (χ2v) is 9.59. The fourth-order valence-corrected chi connectivity index (χ4v) is 4.16. The molecular formula is C24H21N3O6S. The van der Waals surface area contributed by atoms with Crippen molar-refractivity contribution in [1.82, 2.24) is 14.7 Å². The van der Waals surface area contributed by atoms with Crippen LogP contribution in [0.3, 0.4) is 0 Å². The van der Waals surface area contributed by atoms with Crippen molar-refractivity contribution in [3.05, 3.63) is 81.1 Å². The molecule has 0 amide bonds. The van der Waals surface area contributed by atoms with Gasteiger partial charge in [0.25, 0.3) is 0 Å². The maximum Gasteiger partial charge on any atom is 0.304 e. The van der Waals surface area contributed by atoms with Gasteiger partial charge in [-0.3, -0.25) is 14.4 Å². The van der Waals surface area contributed by atoms with Crippen LogP contribution in [0.25, 0.3) is 43.6 Å². The Balaban J connectivity index is 0.000000235. The monoisotopic (exact) mass is 479 g/mol. The molecule has 2 heterocycles. The number of fused-ring (bicyclic) bond motifs is 4. The van der Waals surface area contributed by atoms with Crippen LogP contribution in [-0.2, 0) is 14.8 Å². The Morgan fingerprint density at radius 2 is 1.24 bits per heavy atom. The van der Waals surface area contributed by atoms with Gasteiger partial charge < -0.3 is 15.1 Å². The topological polar surface area (TPSA) is 149 Å². The van der Waals surface area contributed by atoms with Crippen LogP contribution in [0.1, 0.15) is 6.42 Å². The number of carboxylic acid groups (broad SMARTS) is 1. The van der Waals surface area contributed by atoms with Crippen LogP contribution in [0.5, 0.6) is 0 Å². The minimum Gasteiger partial charge on any atom is -0.481 e. The number of H-pyrrole nitrogens is 2.